The van der Waals surface area contributed by atoms with Gasteiger partial charge in [-0.1, -0.05) is 12.1 Å². The zero-order chi connectivity index (χ0) is 11.5. The molecule has 2 rings (SSSR count). The van der Waals surface area contributed by atoms with Crippen molar-refractivity contribution in [2.75, 3.05) is 7.11 Å². The van der Waals surface area contributed by atoms with Crippen molar-refractivity contribution >= 4 is 5.97 Å². The van der Waals surface area contributed by atoms with Crippen LogP contribution in [-0.4, -0.2) is 18.2 Å². The first-order chi connectivity index (χ1) is 7.72. The number of carboxylic acids is 1. The first-order valence-corrected chi connectivity index (χ1v) is 5.60. The molecule has 0 aromatic heterocycles. The van der Waals surface area contributed by atoms with Crippen LogP contribution in [0.4, 0.5) is 0 Å². The Hall–Kier alpha value is -1.51. The Morgan fingerprint density at radius 3 is 3.06 bits per heavy atom. The molecule has 1 atom stereocenters. The fourth-order valence-electron chi connectivity index (χ4n) is 2.50. The fourth-order valence-corrected chi connectivity index (χ4v) is 2.50. The van der Waals surface area contributed by atoms with Crippen LogP contribution in [0.5, 0.6) is 5.75 Å². The van der Waals surface area contributed by atoms with E-state index in [1.54, 1.807) is 7.11 Å². The summed E-state index contributed by atoms with van der Waals surface area (Å²) < 4.78 is 5.31. The number of hydrogen-bond donors (Lipinski definition) is 1. The van der Waals surface area contributed by atoms with Gasteiger partial charge in [-0.05, 0) is 42.4 Å². The lowest BCUT2D eigenvalue weighted by molar-refractivity contribution is -0.137. The molecule has 1 unspecified atom stereocenters. The second-order valence-electron chi connectivity index (χ2n) is 4.20. The van der Waals surface area contributed by atoms with Crippen LogP contribution < -0.4 is 4.74 Å². The average Bonchev–Trinajstić information content (AvgIpc) is 2.69. The van der Waals surface area contributed by atoms with Gasteiger partial charge in [0.2, 0.25) is 0 Å². The minimum Gasteiger partial charge on any atom is -0.496 e. The minimum atomic E-state index is -0.712. The SMILES string of the molecule is COc1cccc2c1CCC2CCC(=O)O. The summed E-state index contributed by atoms with van der Waals surface area (Å²) in [5.74, 6) is 0.618. The third-order valence-corrected chi connectivity index (χ3v) is 3.28. The monoisotopic (exact) mass is 220 g/mol. The molecule has 0 heterocycles. The zero-order valence-electron chi connectivity index (χ0n) is 9.40. The van der Waals surface area contributed by atoms with Gasteiger partial charge in [0.05, 0.1) is 7.11 Å². The molecular formula is C13H16O3. The van der Waals surface area contributed by atoms with E-state index in [9.17, 15) is 4.79 Å². The summed E-state index contributed by atoms with van der Waals surface area (Å²) in [6.45, 7) is 0. The molecule has 1 aromatic rings. The number of carboxylic acid groups (broad SMARTS) is 1. The Balaban J connectivity index is 2.16. The maximum absolute atomic E-state index is 10.6. The quantitative estimate of drug-likeness (QED) is 0.848. The molecule has 16 heavy (non-hydrogen) atoms. The maximum atomic E-state index is 10.6. The van der Waals surface area contributed by atoms with Crippen LogP contribution in [0.15, 0.2) is 18.2 Å². The molecule has 0 amide bonds. The molecule has 3 nitrogen and oxygen atoms in total. The van der Waals surface area contributed by atoms with E-state index in [2.05, 4.69) is 6.07 Å². The third-order valence-electron chi connectivity index (χ3n) is 3.28. The van der Waals surface area contributed by atoms with E-state index < -0.39 is 5.97 Å². The highest BCUT2D eigenvalue weighted by Crippen LogP contribution is 2.40. The molecule has 0 aliphatic heterocycles. The van der Waals surface area contributed by atoms with Crippen molar-refractivity contribution in [3.8, 4) is 5.75 Å². The smallest absolute Gasteiger partial charge is 0.303 e. The van der Waals surface area contributed by atoms with Crippen molar-refractivity contribution in [1.82, 2.24) is 0 Å². The van der Waals surface area contributed by atoms with E-state index in [1.807, 2.05) is 12.1 Å². The number of aliphatic carboxylic acids is 1. The second-order valence-corrected chi connectivity index (χ2v) is 4.20. The van der Waals surface area contributed by atoms with Gasteiger partial charge in [-0.15, -0.1) is 0 Å². The van der Waals surface area contributed by atoms with Gasteiger partial charge in [-0.2, -0.15) is 0 Å². The molecule has 3 heteroatoms. The molecule has 0 saturated carbocycles. The predicted octanol–water partition coefficient (Wildman–Crippen LogP) is 2.59. The predicted molar refractivity (Wildman–Crippen MR) is 60.9 cm³/mol. The van der Waals surface area contributed by atoms with E-state index in [0.29, 0.717) is 5.92 Å². The number of rotatable bonds is 4. The highest BCUT2D eigenvalue weighted by molar-refractivity contribution is 5.66. The number of carbonyl (C=O) groups is 1. The third kappa shape index (κ3) is 2.03. The Morgan fingerprint density at radius 1 is 1.56 bits per heavy atom. The Bertz CT molecular complexity index is 398. The summed E-state index contributed by atoms with van der Waals surface area (Å²) in [7, 11) is 1.68. The van der Waals surface area contributed by atoms with Crippen LogP contribution in [-0.2, 0) is 11.2 Å². The standard InChI is InChI=1S/C13H16O3/c1-16-12-4-2-3-10-9(5-7-11(10)12)6-8-13(14)15/h2-4,9H,5-8H2,1H3,(H,14,15). The van der Waals surface area contributed by atoms with Crippen LogP contribution in [0, 0.1) is 0 Å². The Kier molecular flexibility index (Phi) is 3.13. The van der Waals surface area contributed by atoms with Crippen molar-refractivity contribution in [2.45, 2.75) is 31.6 Å². The van der Waals surface area contributed by atoms with Crippen LogP contribution in [0.3, 0.4) is 0 Å². The lowest BCUT2D eigenvalue weighted by Gasteiger charge is -2.11. The van der Waals surface area contributed by atoms with Crippen molar-refractivity contribution < 1.29 is 14.6 Å². The largest absolute Gasteiger partial charge is 0.496 e. The van der Waals surface area contributed by atoms with Gasteiger partial charge < -0.3 is 9.84 Å². The van der Waals surface area contributed by atoms with Gasteiger partial charge in [-0.25, -0.2) is 0 Å². The number of methoxy groups -OCH3 is 1. The average molecular weight is 220 g/mol. The first-order valence-electron chi connectivity index (χ1n) is 5.60. The zero-order valence-corrected chi connectivity index (χ0v) is 9.40. The van der Waals surface area contributed by atoms with Gasteiger partial charge in [0, 0.05) is 6.42 Å². The van der Waals surface area contributed by atoms with Gasteiger partial charge >= 0.3 is 5.97 Å². The summed E-state index contributed by atoms with van der Waals surface area (Å²) in [5.41, 5.74) is 2.54. The van der Waals surface area contributed by atoms with Crippen LogP contribution in [0.2, 0.25) is 0 Å². The molecule has 1 aromatic carbocycles. The van der Waals surface area contributed by atoms with E-state index in [-0.39, 0.29) is 6.42 Å². The second kappa shape index (κ2) is 4.56. The highest BCUT2D eigenvalue weighted by atomic mass is 16.5. The number of fused-ring (bicyclic) bond motifs is 1. The number of hydrogen-bond acceptors (Lipinski definition) is 2. The van der Waals surface area contributed by atoms with E-state index in [1.165, 1.54) is 11.1 Å². The first kappa shape index (κ1) is 11.0. The van der Waals surface area contributed by atoms with Crippen molar-refractivity contribution in [2.24, 2.45) is 0 Å². The van der Waals surface area contributed by atoms with E-state index >= 15 is 0 Å². The summed E-state index contributed by atoms with van der Waals surface area (Å²) >= 11 is 0. The van der Waals surface area contributed by atoms with Gasteiger partial charge in [0.25, 0.3) is 0 Å². The van der Waals surface area contributed by atoms with Gasteiger partial charge in [0.15, 0.2) is 0 Å². The highest BCUT2D eigenvalue weighted by Gasteiger charge is 2.25. The lowest BCUT2D eigenvalue weighted by atomic mass is 9.96. The van der Waals surface area contributed by atoms with E-state index in [0.717, 1.165) is 25.0 Å². The molecule has 1 aliphatic rings. The van der Waals surface area contributed by atoms with Gasteiger partial charge in [-0.3, -0.25) is 4.79 Å². The molecule has 0 bridgehead atoms. The molecule has 0 fully saturated rings. The summed E-state index contributed by atoms with van der Waals surface area (Å²) in [6.07, 6.45) is 3.03. The van der Waals surface area contributed by atoms with Crippen molar-refractivity contribution in [3.63, 3.8) is 0 Å². The van der Waals surface area contributed by atoms with Crippen LogP contribution in [0.1, 0.15) is 36.3 Å². The molecule has 1 N–H and O–H groups in total. The summed E-state index contributed by atoms with van der Waals surface area (Å²) in [4.78, 5) is 10.6. The Labute approximate surface area is 95.0 Å². The molecule has 1 aliphatic carbocycles. The summed E-state index contributed by atoms with van der Waals surface area (Å²) in [6, 6.07) is 6.05. The molecule has 86 valence electrons. The summed E-state index contributed by atoms with van der Waals surface area (Å²) in [5, 5.41) is 8.70. The number of ether oxygens (including phenoxy) is 1. The topological polar surface area (TPSA) is 46.5 Å². The number of benzene rings is 1. The maximum Gasteiger partial charge on any atom is 0.303 e. The lowest BCUT2D eigenvalue weighted by Crippen LogP contribution is -2.00. The van der Waals surface area contributed by atoms with Crippen molar-refractivity contribution in [1.29, 1.82) is 0 Å². The molecule has 0 saturated heterocycles. The Morgan fingerprint density at radius 2 is 2.38 bits per heavy atom. The molecular weight excluding hydrogens is 204 g/mol. The molecule has 0 radical (unpaired) electrons. The molecule has 0 spiro atoms. The fraction of sp³-hybridized carbons (Fsp3) is 0.462. The normalized spacial score (nSPS) is 18.2. The van der Waals surface area contributed by atoms with Gasteiger partial charge in [0.1, 0.15) is 5.75 Å². The minimum absolute atomic E-state index is 0.251. The van der Waals surface area contributed by atoms with E-state index in [4.69, 9.17) is 9.84 Å². The van der Waals surface area contributed by atoms with Crippen molar-refractivity contribution in [3.05, 3.63) is 29.3 Å². The van der Waals surface area contributed by atoms with Crippen LogP contribution in [0.25, 0.3) is 0 Å². The van der Waals surface area contributed by atoms with Crippen LogP contribution >= 0.6 is 0 Å².